The van der Waals surface area contributed by atoms with Gasteiger partial charge in [-0.05, 0) is 12.6 Å². The van der Waals surface area contributed by atoms with Gasteiger partial charge < -0.3 is 0 Å². The van der Waals surface area contributed by atoms with E-state index in [0.29, 0.717) is 28.8 Å². The van der Waals surface area contributed by atoms with Crippen LogP contribution in [-0.2, 0) is 37.5 Å². The van der Waals surface area contributed by atoms with Crippen molar-refractivity contribution in [2.45, 2.75) is 32.8 Å². The number of nitrogens with zero attached hydrogens (tertiary/aromatic N) is 3. The van der Waals surface area contributed by atoms with E-state index in [1.807, 2.05) is 0 Å². The summed E-state index contributed by atoms with van der Waals surface area (Å²) >= 11 is 0. The van der Waals surface area contributed by atoms with Crippen LogP contribution in [0, 0.1) is 5.82 Å². The summed E-state index contributed by atoms with van der Waals surface area (Å²) in [6.45, 7) is 7.87. The Labute approximate surface area is 199 Å². The number of carbonyl (C=O) groups is 1. The Balaban J connectivity index is 1.52. The normalized spacial score (nSPS) is 12.9. The average molecular weight is 462 g/mol. The standard InChI is InChI=1S/C25H28BFN4O3/c1-26-21-7-8-23(34-4)24(27)19(21)10-28-25(32)20-14-31(29-22(20)15-33-3)11-16-5-6-17-12-30(2)13-18(17)9-16/h5-9,14H,1,10-13,15H2,2-4H3,(H,28,32). The van der Waals surface area contributed by atoms with Crippen LogP contribution < -0.4 is 15.5 Å². The first-order valence-corrected chi connectivity index (χ1v) is 11.0. The molecule has 0 radical (unpaired) electrons. The van der Waals surface area contributed by atoms with E-state index in [9.17, 15) is 9.18 Å². The fourth-order valence-corrected chi connectivity index (χ4v) is 4.29. The number of nitrogens with one attached hydrogen (secondary N) is 1. The third kappa shape index (κ3) is 4.95. The molecule has 2 heterocycles. The SMILES string of the molecule is C=Bc1ccc(OC)c(F)c1CNC(=O)c1cn(Cc2ccc3c(c2)CN(C)C3)nc1COC. The topological polar surface area (TPSA) is 68.6 Å². The minimum absolute atomic E-state index is 0.0147. The van der Waals surface area contributed by atoms with Crippen LogP contribution in [-0.4, -0.2) is 55.2 Å². The molecule has 0 fully saturated rings. The number of ether oxygens (including phenoxy) is 2. The molecule has 1 aliphatic rings. The van der Waals surface area contributed by atoms with Crippen LogP contribution in [0.4, 0.5) is 4.39 Å². The van der Waals surface area contributed by atoms with E-state index < -0.39 is 5.82 Å². The number of methoxy groups -OCH3 is 2. The van der Waals surface area contributed by atoms with E-state index in [-0.39, 0.29) is 24.8 Å². The number of rotatable bonds is 9. The maximum absolute atomic E-state index is 14.8. The molecular formula is C25H28BFN4O3. The molecule has 2 aromatic carbocycles. The van der Waals surface area contributed by atoms with Crippen LogP contribution in [0.25, 0.3) is 0 Å². The second-order valence-corrected chi connectivity index (χ2v) is 8.43. The summed E-state index contributed by atoms with van der Waals surface area (Å²) in [6.07, 6.45) is 1.71. The molecule has 176 valence electrons. The molecule has 4 rings (SSSR count). The molecule has 0 aliphatic carbocycles. The van der Waals surface area contributed by atoms with E-state index in [4.69, 9.17) is 9.47 Å². The van der Waals surface area contributed by atoms with Crippen molar-refractivity contribution in [1.29, 1.82) is 0 Å². The van der Waals surface area contributed by atoms with Gasteiger partial charge in [-0.3, -0.25) is 4.90 Å². The van der Waals surface area contributed by atoms with Crippen molar-refractivity contribution < 1.29 is 18.7 Å². The second-order valence-electron chi connectivity index (χ2n) is 8.43. The number of hydrogen-bond acceptors (Lipinski definition) is 5. The van der Waals surface area contributed by atoms with Crippen molar-refractivity contribution >= 4 is 24.8 Å². The van der Waals surface area contributed by atoms with Crippen molar-refractivity contribution in [3.63, 3.8) is 0 Å². The van der Waals surface area contributed by atoms with Gasteiger partial charge in [0.1, 0.15) is 0 Å². The van der Waals surface area contributed by atoms with Crippen molar-refractivity contribution in [3.05, 3.63) is 75.9 Å². The minimum atomic E-state index is -0.518. The number of carbonyl (C=O) groups excluding carboxylic acids is 1. The predicted molar refractivity (Wildman–Crippen MR) is 130 cm³/mol. The summed E-state index contributed by atoms with van der Waals surface area (Å²) in [5.74, 6) is -0.760. The van der Waals surface area contributed by atoms with Gasteiger partial charge in [0.25, 0.3) is 0 Å². The van der Waals surface area contributed by atoms with Crippen molar-refractivity contribution in [2.75, 3.05) is 21.3 Å². The summed E-state index contributed by atoms with van der Waals surface area (Å²) < 4.78 is 26.8. The number of aromatic nitrogens is 2. The van der Waals surface area contributed by atoms with E-state index in [2.05, 4.69) is 47.0 Å². The molecular weight excluding hydrogens is 434 g/mol. The first-order valence-electron chi connectivity index (χ1n) is 11.0. The molecule has 9 heteroatoms. The maximum atomic E-state index is 14.8. The van der Waals surface area contributed by atoms with Gasteiger partial charge in [-0.15, -0.1) is 0 Å². The number of fused-ring (bicyclic) bond motifs is 1. The summed E-state index contributed by atoms with van der Waals surface area (Å²) in [6, 6.07) is 9.69. The third-order valence-corrected chi connectivity index (χ3v) is 5.97. The molecule has 0 spiro atoms. The van der Waals surface area contributed by atoms with E-state index in [1.165, 1.54) is 24.3 Å². The van der Waals surface area contributed by atoms with E-state index in [1.54, 1.807) is 31.0 Å². The summed E-state index contributed by atoms with van der Waals surface area (Å²) in [4.78, 5) is 15.3. The Hall–Kier alpha value is -3.30. The summed E-state index contributed by atoms with van der Waals surface area (Å²) in [5, 5.41) is 7.37. The van der Waals surface area contributed by atoms with Gasteiger partial charge in [0.15, 0.2) is 0 Å². The summed E-state index contributed by atoms with van der Waals surface area (Å²) in [7, 11) is 5.06. The number of benzene rings is 2. The Morgan fingerprint density at radius 3 is 2.76 bits per heavy atom. The zero-order chi connectivity index (χ0) is 24.2. The Morgan fingerprint density at radius 2 is 2.03 bits per heavy atom. The number of hydrogen-bond donors (Lipinski definition) is 1. The predicted octanol–water partition coefficient (Wildman–Crippen LogP) is 1.86. The van der Waals surface area contributed by atoms with Gasteiger partial charge in [0, 0.05) is 13.1 Å². The van der Waals surface area contributed by atoms with Crippen LogP contribution in [0.2, 0.25) is 0 Å². The molecule has 1 aliphatic heterocycles. The van der Waals surface area contributed by atoms with Gasteiger partial charge in [0.05, 0.1) is 0 Å². The van der Waals surface area contributed by atoms with Crippen molar-refractivity contribution in [1.82, 2.24) is 20.0 Å². The first kappa shape index (κ1) is 23.8. The zero-order valence-corrected chi connectivity index (χ0v) is 19.7. The second kappa shape index (κ2) is 10.3. The molecule has 1 N–H and O–H groups in total. The van der Waals surface area contributed by atoms with Gasteiger partial charge >= 0.3 is 168 Å². The molecule has 1 amide bonds. The molecule has 34 heavy (non-hydrogen) atoms. The third-order valence-electron chi connectivity index (χ3n) is 5.97. The monoisotopic (exact) mass is 462 g/mol. The van der Waals surface area contributed by atoms with Crippen LogP contribution in [0.5, 0.6) is 5.75 Å². The first-order chi connectivity index (χ1) is 16.4. The van der Waals surface area contributed by atoms with Crippen LogP contribution in [0.15, 0.2) is 36.5 Å². The number of amides is 1. The molecule has 0 bridgehead atoms. The van der Waals surface area contributed by atoms with Crippen LogP contribution >= 0.6 is 0 Å². The average Bonchev–Trinajstić information content (AvgIpc) is 3.39. The zero-order valence-electron chi connectivity index (χ0n) is 19.7. The Kier molecular flexibility index (Phi) is 7.24. The molecule has 7 nitrogen and oxygen atoms in total. The number of halogens is 1. The Morgan fingerprint density at radius 1 is 1.24 bits per heavy atom. The van der Waals surface area contributed by atoms with Crippen molar-refractivity contribution in [2.24, 2.45) is 0 Å². The van der Waals surface area contributed by atoms with Gasteiger partial charge in [0.2, 0.25) is 0 Å². The molecule has 0 atom stereocenters. The molecule has 0 saturated heterocycles. The van der Waals surface area contributed by atoms with Gasteiger partial charge in [-0.2, -0.15) is 0 Å². The van der Waals surface area contributed by atoms with E-state index in [0.717, 1.165) is 18.7 Å². The van der Waals surface area contributed by atoms with Crippen molar-refractivity contribution in [3.8, 4) is 5.75 Å². The molecule has 1 aromatic heterocycles. The van der Waals surface area contributed by atoms with Gasteiger partial charge in [-0.1, -0.05) is 0 Å². The quantitative estimate of drug-likeness (QED) is 0.492. The van der Waals surface area contributed by atoms with E-state index >= 15 is 0 Å². The van der Waals surface area contributed by atoms with Crippen LogP contribution in [0.3, 0.4) is 0 Å². The fraction of sp³-hybridized carbons (Fsp3) is 0.320. The summed E-state index contributed by atoms with van der Waals surface area (Å²) in [5.41, 5.74) is 5.60. The molecule has 0 unspecified atom stereocenters. The molecule has 3 aromatic rings. The Bertz CT molecular complexity index is 1230. The molecule has 0 saturated carbocycles. The fourth-order valence-electron chi connectivity index (χ4n) is 4.29. The van der Waals surface area contributed by atoms with Gasteiger partial charge in [-0.25, -0.2) is 0 Å². The van der Waals surface area contributed by atoms with Crippen LogP contribution in [0.1, 0.15) is 38.3 Å².